The molecule has 6 nitrogen and oxygen atoms in total. The lowest BCUT2D eigenvalue weighted by Gasteiger charge is -1.99. The molecule has 18 heavy (non-hydrogen) atoms. The zero-order valence-electron chi connectivity index (χ0n) is 10.2. The first-order valence-corrected chi connectivity index (χ1v) is 7.35. The molecule has 0 aliphatic rings. The second-order valence-corrected chi connectivity index (χ2v) is 5.74. The lowest BCUT2D eigenvalue weighted by molar-refractivity contribution is 0.596. The molecule has 0 aliphatic carbocycles. The van der Waals surface area contributed by atoms with Crippen LogP contribution in [0, 0.1) is 0 Å². The van der Waals surface area contributed by atoms with E-state index in [9.17, 15) is 8.42 Å². The van der Waals surface area contributed by atoms with Crippen molar-refractivity contribution < 1.29 is 8.42 Å². The molecule has 1 N–H and O–H groups in total. The minimum Gasteiger partial charge on any atom is -0.382 e. The Morgan fingerprint density at radius 1 is 1.44 bits per heavy atom. The highest BCUT2D eigenvalue weighted by Crippen LogP contribution is 2.21. The van der Waals surface area contributed by atoms with Crippen LogP contribution >= 0.6 is 0 Å². The number of hydrogen-bond donors (Lipinski definition) is 1. The van der Waals surface area contributed by atoms with Crippen LogP contribution in [0.5, 0.6) is 0 Å². The Labute approximate surface area is 106 Å². The number of pyridine rings is 1. The molecule has 0 saturated carbocycles. The minimum atomic E-state index is -3.36. The highest BCUT2D eigenvalue weighted by molar-refractivity contribution is 7.90. The lowest BCUT2D eigenvalue weighted by Crippen LogP contribution is -2.04. The standard InChI is InChI=1S/C11H14N4O2S/c1-3-13-10-8-15(9-5-4-6-12-7-9)14-11(10)18(2,16)17/h4-8,13H,3H2,1-2H3. The van der Waals surface area contributed by atoms with Crippen LogP contribution in [0.15, 0.2) is 35.7 Å². The summed E-state index contributed by atoms with van der Waals surface area (Å²) in [5.74, 6) is 0. The first-order chi connectivity index (χ1) is 8.52. The van der Waals surface area contributed by atoms with Gasteiger partial charge in [-0.05, 0) is 19.1 Å². The van der Waals surface area contributed by atoms with E-state index in [2.05, 4.69) is 15.4 Å². The second kappa shape index (κ2) is 4.77. The molecule has 0 atom stereocenters. The van der Waals surface area contributed by atoms with Crippen molar-refractivity contribution in [1.29, 1.82) is 0 Å². The molecular weight excluding hydrogens is 252 g/mol. The van der Waals surface area contributed by atoms with Gasteiger partial charge in [0.05, 0.1) is 23.8 Å². The number of sulfone groups is 1. The molecule has 0 fully saturated rings. The van der Waals surface area contributed by atoms with Gasteiger partial charge >= 0.3 is 0 Å². The molecule has 0 unspecified atom stereocenters. The molecule has 0 spiro atoms. The van der Waals surface area contributed by atoms with Crippen molar-refractivity contribution in [3.8, 4) is 5.69 Å². The van der Waals surface area contributed by atoms with E-state index in [1.807, 2.05) is 13.0 Å². The smallest absolute Gasteiger partial charge is 0.200 e. The molecule has 0 saturated heterocycles. The largest absolute Gasteiger partial charge is 0.382 e. The average molecular weight is 266 g/mol. The van der Waals surface area contributed by atoms with Gasteiger partial charge in [-0.15, -0.1) is 0 Å². The van der Waals surface area contributed by atoms with Crippen molar-refractivity contribution in [3.05, 3.63) is 30.7 Å². The maximum absolute atomic E-state index is 11.6. The first kappa shape index (κ1) is 12.6. The van der Waals surface area contributed by atoms with E-state index in [1.165, 1.54) is 4.68 Å². The van der Waals surface area contributed by atoms with Crippen LogP contribution < -0.4 is 5.32 Å². The van der Waals surface area contributed by atoms with Crippen LogP contribution in [0.1, 0.15) is 6.92 Å². The van der Waals surface area contributed by atoms with E-state index >= 15 is 0 Å². The summed E-state index contributed by atoms with van der Waals surface area (Å²) < 4.78 is 24.8. The number of rotatable bonds is 4. The molecule has 0 amide bonds. The summed E-state index contributed by atoms with van der Waals surface area (Å²) in [6, 6.07) is 3.58. The van der Waals surface area contributed by atoms with E-state index in [0.717, 1.165) is 6.26 Å². The van der Waals surface area contributed by atoms with E-state index < -0.39 is 9.84 Å². The molecule has 2 heterocycles. The van der Waals surface area contributed by atoms with Crippen molar-refractivity contribution in [1.82, 2.24) is 14.8 Å². The number of nitrogens with zero attached hydrogens (tertiary/aromatic N) is 3. The Morgan fingerprint density at radius 3 is 2.78 bits per heavy atom. The Bertz CT molecular complexity index is 634. The minimum absolute atomic E-state index is 0.0493. The Morgan fingerprint density at radius 2 is 2.22 bits per heavy atom. The van der Waals surface area contributed by atoms with Gasteiger partial charge in [-0.25, -0.2) is 13.1 Å². The molecule has 0 radical (unpaired) electrons. The van der Waals surface area contributed by atoms with Crippen LogP contribution in [0.2, 0.25) is 0 Å². The van der Waals surface area contributed by atoms with E-state index in [1.54, 1.807) is 24.7 Å². The Balaban J connectivity index is 2.53. The summed E-state index contributed by atoms with van der Waals surface area (Å²) in [5.41, 5.74) is 1.22. The maximum atomic E-state index is 11.6. The van der Waals surface area contributed by atoms with Gasteiger partial charge in [0.1, 0.15) is 0 Å². The Hall–Kier alpha value is -1.89. The third-order valence-corrected chi connectivity index (χ3v) is 3.31. The molecule has 2 rings (SSSR count). The molecule has 0 aliphatic heterocycles. The quantitative estimate of drug-likeness (QED) is 0.896. The monoisotopic (exact) mass is 266 g/mol. The molecule has 0 bridgehead atoms. The van der Waals surface area contributed by atoms with Crippen LogP contribution in [-0.4, -0.2) is 36.0 Å². The van der Waals surface area contributed by atoms with Gasteiger partial charge in [0.15, 0.2) is 14.9 Å². The Kier molecular flexibility index (Phi) is 3.33. The topological polar surface area (TPSA) is 76.9 Å². The van der Waals surface area contributed by atoms with Crippen molar-refractivity contribution in [2.75, 3.05) is 18.1 Å². The second-order valence-electron chi connectivity index (χ2n) is 3.81. The molecule has 2 aromatic rings. The fraction of sp³-hybridized carbons (Fsp3) is 0.273. The highest BCUT2D eigenvalue weighted by atomic mass is 32.2. The maximum Gasteiger partial charge on any atom is 0.200 e. The van der Waals surface area contributed by atoms with Crippen LogP contribution in [0.25, 0.3) is 5.69 Å². The van der Waals surface area contributed by atoms with E-state index in [0.29, 0.717) is 17.9 Å². The molecule has 96 valence electrons. The van der Waals surface area contributed by atoms with Gasteiger partial charge in [-0.2, -0.15) is 5.10 Å². The van der Waals surface area contributed by atoms with Crippen molar-refractivity contribution in [3.63, 3.8) is 0 Å². The molecule has 2 aromatic heterocycles. The van der Waals surface area contributed by atoms with Crippen molar-refractivity contribution >= 4 is 15.5 Å². The predicted octanol–water partition coefficient (Wildman–Crippen LogP) is 1.10. The number of anilines is 1. The average Bonchev–Trinajstić information content (AvgIpc) is 2.75. The van der Waals surface area contributed by atoms with Gasteiger partial charge in [0.2, 0.25) is 0 Å². The summed E-state index contributed by atoms with van der Waals surface area (Å²) in [7, 11) is -3.36. The summed E-state index contributed by atoms with van der Waals surface area (Å²) in [6.07, 6.45) is 6.06. The normalized spacial score (nSPS) is 11.4. The number of aromatic nitrogens is 3. The van der Waals surface area contributed by atoms with Crippen molar-refractivity contribution in [2.45, 2.75) is 11.9 Å². The fourth-order valence-corrected chi connectivity index (χ4v) is 2.33. The number of hydrogen-bond acceptors (Lipinski definition) is 5. The van der Waals surface area contributed by atoms with E-state index in [4.69, 9.17) is 0 Å². The summed E-state index contributed by atoms with van der Waals surface area (Å²) in [6.45, 7) is 2.52. The number of nitrogens with one attached hydrogen (secondary N) is 1. The summed E-state index contributed by atoms with van der Waals surface area (Å²) in [4.78, 5) is 3.98. The van der Waals surface area contributed by atoms with Crippen LogP contribution in [0.4, 0.5) is 5.69 Å². The molecule has 7 heteroatoms. The summed E-state index contributed by atoms with van der Waals surface area (Å²) in [5, 5.41) is 7.14. The fourth-order valence-electron chi connectivity index (χ4n) is 1.57. The van der Waals surface area contributed by atoms with Gasteiger partial charge in [-0.1, -0.05) is 0 Å². The zero-order valence-corrected chi connectivity index (χ0v) is 11.0. The highest BCUT2D eigenvalue weighted by Gasteiger charge is 2.18. The van der Waals surface area contributed by atoms with Gasteiger partial charge in [0.25, 0.3) is 0 Å². The van der Waals surface area contributed by atoms with Crippen molar-refractivity contribution in [2.24, 2.45) is 0 Å². The molecular formula is C11H14N4O2S. The van der Waals surface area contributed by atoms with Gasteiger partial charge < -0.3 is 5.32 Å². The SMILES string of the molecule is CCNc1cn(-c2cccnc2)nc1S(C)(=O)=O. The summed E-state index contributed by atoms with van der Waals surface area (Å²) >= 11 is 0. The first-order valence-electron chi connectivity index (χ1n) is 5.46. The molecule has 0 aromatic carbocycles. The lowest BCUT2D eigenvalue weighted by atomic mass is 10.4. The van der Waals surface area contributed by atoms with Crippen LogP contribution in [-0.2, 0) is 9.84 Å². The van der Waals surface area contributed by atoms with Gasteiger partial charge in [0, 0.05) is 19.0 Å². The van der Waals surface area contributed by atoms with Crippen LogP contribution in [0.3, 0.4) is 0 Å². The van der Waals surface area contributed by atoms with E-state index in [-0.39, 0.29) is 5.03 Å². The van der Waals surface area contributed by atoms with Gasteiger partial charge in [-0.3, -0.25) is 4.98 Å². The third-order valence-electron chi connectivity index (χ3n) is 2.31. The zero-order chi connectivity index (χ0) is 13.2. The third kappa shape index (κ3) is 2.51. The predicted molar refractivity (Wildman–Crippen MR) is 68.6 cm³/mol.